The molecule has 0 aromatic carbocycles. The molecule has 0 unspecified atom stereocenters. The predicted molar refractivity (Wildman–Crippen MR) is 54.6 cm³/mol. The zero-order chi connectivity index (χ0) is 11.4. The molecule has 7 heteroatoms. The Balaban J connectivity index is 2.61. The van der Waals surface area contributed by atoms with Crippen LogP contribution in [0, 0.1) is 0 Å². The van der Waals surface area contributed by atoms with Crippen molar-refractivity contribution in [3.05, 3.63) is 11.1 Å². The van der Waals surface area contributed by atoms with Gasteiger partial charge in [-0.15, -0.1) is 11.3 Å². The van der Waals surface area contributed by atoms with Gasteiger partial charge in [0.05, 0.1) is 6.42 Å². The van der Waals surface area contributed by atoms with E-state index in [9.17, 15) is 9.59 Å². The molecule has 0 bridgehead atoms. The van der Waals surface area contributed by atoms with Gasteiger partial charge >= 0.3 is 11.9 Å². The molecular weight excluding hydrogens is 220 g/mol. The fourth-order valence-corrected chi connectivity index (χ4v) is 1.69. The van der Waals surface area contributed by atoms with Crippen LogP contribution < -0.4 is 4.90 Å². The molecule has 0 fully saturated rings. The lowest BCUT2D eigenvalue weighted by molar-refractivity contribution is -0.136. The number of aromatic carboxylic acids is 1. The summed E-state index contributed by atoms with van der Waals surface area (Å²) in [6.07, 6.45) is -0.00150. The third-order valence-corrected chi connectivity index (χ3v) is 2.65. The lowest BCUT2D eigenvalue weighted by Gasteiger charge is -2.13. The number of hydrogen-bond acceptors (Lipinski definition) is 5. The molecule has 1 aromatic heterocycles. The van der Waals surface area contributed by atoms with Gasteiger partial charge in [-0.05, 0) is 0 Å². The van der Waals surface area contributed by atoms with Crippen LogP contribution in [0.4, 0.5) is 5.13 Å². The van der Waals surface area contributed by atoms with Crippen LogP contribution in [-0.2, 0) is 4.79 Å². The average Bonchev–Trinajstić information content (AvgIpc) is 2.62. The summed E-state index contributed by atoms with van der Waals surface area (Å²) in [6.45, 7) is 0.307. The molecule has 6 nitrogen and oxygen atoms in total. The fourth-order valence-electron chi connectivity index (χ4n) is 0.897. The molecule has 0 radical (unpaired) electrons. The van der Waals surface area contributed by atoms with Gasteiger partial charge in [0.15, 0.2) is 10.8 Å². The van der Waals surface area contributed by atoms with Gasteiger partial charge in [-0.25, -0.2) is 9.78 Å². The first-order valence-corrected chi connectivity index (χ1v) is 5.00. The standard InChI is InChI=1S/C8H10N2O4S/c1-10(3-2-6(11)12)8-9-5(4-15-8)7(13)14/h4H,2-3H2,1H3,(H,11,12)(H,13,14). The highest BCUT2D eigenvalue weighted by Gasteiger charge is 2.12. The van der Waals surface area contributed by atoms with Crippen molar-refractivity contribution >= 4 is 28.4 Å². The Morgan fingerprint density at radius 2 is 2.20 bits per heavy atom. The summed E-state index contributed by atoms with van der Waals surface area (Å²) in [5.41, 5.74) is -0.0165. The van der Waals surface area contributed by atoms with Crippen LogP contribution in [0.3, 0.4) is 0 Å². The Kier molecular flexibility index (Phi) is 3.62. The number of thiazole rings is 1. The number of nitrogens with zero attached hydrogens (tertiary/aromatic N) is 2. The average molecular weight is 230 g/mol. The molecule has 0 aliphatic heterocycles. The number of carbonyl (C=O) groups is 2. The summed E-state index contributed by atoms with van der Waals surface area (Å²) in [5, 5.41) is 19.0. The molecule has 2 N–H and O–H groups in total. The van der Waals surface area contributed by atoms with Crippen LogP contribution in [0.25, 0.3) is 0 Å². The molecule has 0 saturated heterocycles. The SMILES string of the molecule is CN(CCC(=O)O)c1nc(C(=O)O)cs1. The van der Waals surface area contributed by atoms with Crippen molar-refractivity contribution in [2.75, 3.05) is 18.5 Å². The topological polar surface area (TPSA) is 90.7 Å². The van der Waals surface area contributed by atoms with Crippen LogP contribution in [-0.4, -0.2) is 40.7 Å². The van der Waals surface area contributed by atoms with E-state index >= 15 is 0 Å². The van der Waals surface area contributed by atoms with E-state index in [1.807, 2.05) is 0 Å². The van der Waals surface area contributed by atoms with Crippen molar-refractivity contribution < 1.29 is 19.8 Å². The van der Waals surface area contributed by atoms with E-state index in [2.05, 4.69) is 4.98 Å². The minimum Gasteiger partial charge on any atom is -0.481 e. The Hall–Kier alpha value is -1.63. The van der Waals surface area contributed by atoms with E-state index in [4.69, 9.17) is 10.2 Å². The highest BCUT2D eigenvalue weighted by Crippen LogP contribution is 2.19. The van der Waals surface area contributed by atoms with Gasteiger partial charge in [0, 0.05) is 19.0 Å². The van der Waals surface area contributed by atoms with Gasteiger partial charge in [-0.2, -0.15) is 0 Å². The third kappa shape index (κ3) is 3.21. The molecule has 1 rings (SSSR count). The van der Waals surface area contributed by atoms with E-state index in [-0.39, 0.29) is 12.1 Å². The summed E-state index contributed by atoms with van der Waals surface area (Å²) in [5.74, 6) is -1.97. The van der Waals surface area contributed by atoms with Crippen molar-refractivity contribution in [3.63, 3.8) is 0 Å². The second-order valence-electron chi connectivity index (χ2n) is 2.89. The van der Waals surface area contributed by atoms with Crippen LogP contribution in [0.2, 0.25) is 0 Å². The lowest BCUT2D eigenvalue weighted by Crippen LogP contribution is -2.20. The van der Waals surface area contributed by atoms with Crippen molar-refractivity contribution in [3.8, 4) is 0 Å². The molecule has 0 saturated carbocycles. The summed E-state index contributed by atoms with van der Waals surface area (Å²) in [4.78, 5) is 26.3. The van der Waals surface area contributed by atoms with Gasteiger partial charge < -0.3 is 15.1 Å². The van der Waals surface area contributed by atoms with Gasteiger partial charge in [0.1, 0.15) is 0 Å². The van der Waals surface area contributed by atoms with Crippen molar-refractivity contribution in [1.82, 2.24) is 4.98 Å². The molecule has 82 valence electrons. The molecule has 1 aromatic rings. The first kappa shape index (κ1) is 11.4. The quantitative estimate of drug-likeness (QED) is 0.775. The van der Waals surface area contributed by atoms with Gasteiger partial charge in [-0.3, -0.25) is 4.79 Å². The monoisotopic (exact) mass is 230 g/mol. The van der Waals surface area contributed by atoms with E-state index < -0.39 is 11.9 Å². The minimum atomic E-state index is -1.08. The first-order chi connectivity index (χ1) is 7.00. The smallest absolute Gasteiger partial charge is 0.355 e. The number of rotatable bonds is 5. The highest BCUT2D eigenvalue weighted by atomic mass is 32.1. The molecule has 0 aliphatic rings. The maximum absolute atomic E-state index is 10.5. The number of carboxylic acid groups (broad SMARTS) is 2. The van der Waals surface area contributed by atoms with E-state index in [0.29, 0.717) is 11.7 Å². The Morgan fingerprint density at radius 1 is 1.53 bits per heavy atom. The van der Waals surface area contributed by atoms with E-state index in [1.54, 1.807) is 11.9 Å². The maximum atomic E-state index is 10.5. The summed E-state index contributed by atoms with van der Waals surface area (Å²) >= 11 is 1.18. The van der Waals surface area contributed by atoms with Crippen molar-refractivity contribution in [1.29, 1.82) is 0 Å². The van der Waals surface area contributed by atoms with Crippen LogP contribution in [0.1, 0.15) is 16.9 Å². The van der Waals surface area contributed by atoms with Crippen LogP contribution in [0.15, 0.2) is 5.38 Å². The molecule has 15 heavy (non-hydrogen) atoms. The highest BCUT2D eigenvalue weighted by molar-refractivity contribution is 7.13. The van der Waals surface area contributed by atoms with E-state index in [0.717, 1.165) is 0 Å². The second-order valence-corrected chi connectivity index (χ2v) is 3.72. The van der Waals surface area contributed by atoms with Crippen LogP contribution in [0.5, 0.6) is 0 Å². The molecule has 0 aliphatic carbocycles. The molecule has 0 spiro atoms. The normalized spacial score (nSPS) is 9.93. The zero-order valence-electron chi connectivity index (χ0n) is 8.01. The summed E-state index contributed by atoms with van der Waals surface area (Å²) < 4.78 is 0. The Labute approximate surface area is 89.8 Å². The maximum Gasteiger partial charge on any atom is 0.355 e. The number of carboxylic acids is 2. The Bertz CT molecular complexity index is 376. The van der Waals surface area contributed by atoms with E-state index in [1.165, 1.54) is 16.7 Å². The lowest BCUT2D eigenvalue weighted by atomic mass is 10.4. The van der Waals surface area contributed by atoms with Gasteiger partial charge in [-0.1, -0.05) is 0 Å². The predicted octanol–water partition coefficient (Wildman–Crippen LogP) is 0.752. The largest absolute Gasteiger partial charge is 0.481 e. The van der Waals surface area contributed by atoms with Gasteiger partial charge in [0.2, 0.25) is 0 Å². The van der Waals surface area contributed by atoms with Crippen LogP contribution >= 0.6 is 11.3 Å². The minimum absolute atomic E-state index is 0.00150. The zero-order valence-corrected chi connectivity index (χ0v) is 8.82. The Morgan fingerprint density at radius 3 is 2.67 bits per heavy atom. The molecule has 0 amide bonds. The molecule has 0 atom stereocenters. The number of anilines is 1. The van der Waals surface area contributed by atoms with Crippen molar-refractivity contribution in [2.24, 2.45) is 0 Å². The number of hydrogen-bond donors (Lipinski definition) is 2. The summed E-state index contributed by atoms with van der Waals surface area (Å²) in [7, 11) is 1.67. The fraction of sp³-hybridized carbons (Fsp3) is 0.375. The number of aromatic nitrogens is 1. The first-order valence-electron chi connectivity index (χ1n) is 4.12. The van der Waals surface area contributed by atoms with Gasteiger partial charge in [0.25, 0.3) is 0 Å². The third-order valence-electron chi connectivity index (χ3n) is 1.70. The number of aliphatic carboxylic acids is 1. The van der Waals surface area contributed by atoms with Crippen molar-refractivity contribution in [2.45, 2.75) is 6.42 Å². The molecular formula is C8H10N2O4S. The summed E-state index contributed by atoms with van der Waals surface area (Å²) in [6, 6.07) is 0. The second kappa shape index (κ2) is 4.74. The molecule has 1 heterocycles.